The Balaban J connectivity index is 0.000000293. The molecule has 0 saturated heterocycles. The van der Waals surface area contributed by atoms with E-state index in [1.54, 1.807) is 30.3 Å². The van der Waals surface area contributed by atoms with Crippen LogP contribution in [0.1, 0.15) is 16.8 Å². The first-order valence-corrected chi connectivity index (χ1v) is 4.15. The maximum Gasteiger partial charge on any atom is 0.335 e. The molecule has 1 aromatic rings. The first kappa shape index (κ1) is 13.6. The molecule has 6 heteroatoms. The van der Waals surface area contributed by atoms with E-state index >= 15 is 0 Å². The lowest BCUT2D eigenvalue weighted by Crippen LogP contribution is -2.03. The van der Waals surface area contributed by atoms with Crippen LogP contribution in [0.25, 0.3) is 0 Å². The van der Waals surface area contributed by atoms with Crippen molar-refractivity contribution in [3.63, 3.8) is 0 Å². The third-order valence-corrected chi connectivity index (χ3v) is 1.32. The Labute approximate surface area is 90.8 Å². The van der Waals surface area contributed by atoms with Crippen molar-refractivity contribution in [3.8, 4) is 0 Å². The Hall–Kier alpha value is -2.37. The molecule has 0 unspecified atom stereocenters. The Morgan fingerprint density at radius 2 is 1.31 bits per heavy atom. The molecule has 0 radical (unpaired) electrons. The zero-order valence-electron chi connectivity index (χ0n) is 8.16. The Morgan fingerprint density at radius 1 is 0.875 bits per heavy atom. The zero-order valence-corrected chi connectivity index (χ0v) is 8.16. The van der Waals surface area contributed by atoms with Crippen LogP contribution in [0.3, 0.4) is 0 Å². The van der Waals surface area contributed by atoms with Crippen molar-refractivity contribution < 1.29 is 29.7 Å². The van der Waals surface area contributed by atoms with Gasteiger partial charge in [0.1, 0.15) is 6.42 Å². The maximum absolute atomic E-state index is 10.2. The van der Waals surface area contributed by atoms with Crippen LogP contribution in [0.2, 0.25) is 0 Å². The molecule has 3 N–H and O–H groups in total. The van der Waals surface area contributed by atoms with Crippen LogP contribution in [-0.2, 0) is 9.59 Å². The largest absolute Gasteiger partial charge is 0.481 e. The van der Waals surface area contributed by atoms with Gasteiger partial charge in [0.25, 0.3) is 0 Å². The van der Waals surface area contributed by atoms with Gasteiger partial charge in [0.2, 0.25) is 0 Å². The minimum atomic E-state index is -1.31. The average molecular weight is 226 g/mol. The van der Waals surface area contributed by atoms with Gasteiger partial charge in [-0.2, -0.15) is 0 Å². The SMILES string of the molecule is O=C(O)CC(=O)O.O=C(O)c1ccccc1. The van der Waals surface area contributed by atoms with Crippen molar-refractivity contribution in [1.82, 2.24) is 0 Å². The number of carboxylic acids is 3. The summed E-state index contributed by atoms with van der Waals surface area (Å²) < 4.78 is 0. The van der Waals surface area contributed by atoms with Crippen molar-refractivity contribution in [2.24, 2.45) is 0 Å². The smallest absolute Gasteiger partial charge is 0.335 e. The first-order valence-electron chi connectivity index (χ1n) is 4.15. The van der Waals surface area contributed by atoms with Crippen LogP contribution in [0, 0.1) is 0 Å². The van der Waals surface area contributed by atoms with Crippen LogP contribution in [0.5, 0.6) is 0 Å². The topological polar surface area (TPSA) is 112 Å². The van der Waals surface area contributed by atoms with Gasteiger partial charge in [-0.15, -0.1) is 0 Å². The van der Waals surface area contributed by atoms with Crippen LogP contribution >= 0.6 is 0 Å². The highest BCUT2D eigenvalue weighted by molar-refractivity contribution is 5.88. The van der Waals surface area contributed by atoms with Crippen LogP contribution in [0.4, 0.5) is 0 Å². The van der Waals surface area contributed by atoms with Gasteiger partial charge in [-0.3, -0.25) is 9.59 Å². The van der Waals surface area contributed by atoms with Crippen LogP contribution in [0.15, 0.2) is 30.3 Å². The quantitative estimate of drug-likeness (QED) is 0.661. The molecule has 0 atom stereocenters. The fourth-order valence-corrected chi connectivity index (χ4v) is 0.710. The lowest BCUT2D eigenvalue weighted by atomic mass is 10.2. The zero-order chi connectivity index (χ0) is 12.6. The van der Waals surface area contributed by atoms with Crippen LogP contribution < -0.4 is 0 Å². The lowest BCUT2D eigenvalue weighted by molar-refractivity contribution is -0.147. The molecule has 0 aliphatic heterocycles. The molecule has 0 aliphatic carbocycles. The summed E-state index contributed by atoms with van der Waals surface area (Å²) in [5, 5.41) is 23.8. The number of rotatable bonds is 3. The molecule has 0 amide bonds. The third kappa shape index (κ3) is 7.07. The fourth-order valence-electron chi connectivity index (χ4n) is 0.710. The van der Waals surface area contributed by atoms with E-state index < -0.39 is 24.3 Å². The van der Waals surface area contributed by atoms with Crippen molar-refractivity contribution in [3.05, 3.63) is 35.9 Å². The summed E-state index contributed by atoms with van der Waals surface area (Å²) >= 11 is 0. The first-order chi connectivity index (χ1) is 7.43. The number of hydrogen-bond acceptors (Lipinski definition) is 3. The van der Waals surface area contributed by atoms with Crippen molar-refractivity contribution in [2.75, 3.05) is 0 Å². The average Bonchev–Trinajstić information content (AvgIpc) is 2.17. The highest BCUT2D eigenvalue weighted by Gasteiger charge is 2.01. The summed E-state index contributed by atoms with van der Waals surface area (Å²) in [6.45, 7) is 0. The van der Waals surface area contributed by atoms with E-state index in [-0.39, 0.29) is 0 Å². The van der Waals surface area contributed by atoms with E-state index in [1.165, 1.54) is 0 Å². The minimum absolute atomic E-state index is 0.331. The summed E-state index contributed by atoms with van der Waals surface area (Å²) in [6, 6.07) is 8.30. The maximum atomic E-state index is 10.2. The standard InChI is InChI=1S/C7H6O2.C3H4O4/c8-7(9)6-4-2-1-3-5-6;4-2(5)1-3(6)7/h1-5H,(H,8,9);1H2,(H,4,5)(H,6,7). The van der Waals surface area contributed by atoms with Crippen molar-refractivity contribution >= 4 is 17.9 Å². The van der Waals surface area contributed by atoms with E-state index in [9.17, 15) is 14.4 Å². The summed E-state index contributed by atoms with van der Waals surface area (Å²) in [5.41, 5.74) is 0.331. The highest BCUT2D eigenvalue weighted by atomic mass is 16.4. The summed E-state index contributed by atoms with van der Waals surface area (Å²) in [4.78, 5) is 29.1. The summed E-state index contributed by atoms with van der Waals surface area (Å²) in [7, 11) is 0. The molecule has 1 rings (SSSR count). The van der Waals surface area contributed by atoms with E-state index in [4.69, 9.17) is 15.3 Å². The molecule has 1 aromatic carbocycles. The molecule has 0 saturated carbocycles. The minimum Gasteiger partial charge on any atom is -0.481 e. The van der Waals surface area contributed by atoms with Gasteiger partial charge in [-0.1, -0.05) is 18.2 Å². The van der Waals surface area contributed by atoms with Crippen molar-refractivity contribution in [1.29, 1.82) is 0 Å². The molecule has 0 bridgehead atoms. The Morgan fingerprint density at radius 3 is 1.50 bits per heavy atom. The van der Waals surface area contributed by atoms with E-state index in [0.29, 0.717) is 5.56 Å². The predicted molar refractivity (Wildman–Crippen MR) is 53.3 cm³/mol. The fraction of sp³-hybridized carbons (Fsp3) is 0.100. The summed E-state index contributed by atoms with van der Waals surface area (Å²) in [6.07, 6.45) is -0.806. The molecular formula is C10H10O6. The van der Waals surface area contributed by atoms with Crippen molar-refractivity contribution in [2.45, 2.75) is 6.42 Å². The Bertz CT molecular complexity index is 358. The predicted octanol–water partition coefficient (Wildman–Crippen LogP) is 0.930. The number of aromatic carboxylic acids is 1. The molecule has 6 nitrogen and oxygen atoms in total. The molecule has 0 spiro atoms. The summed E-state index contributed by atoms with van der Waals surface area (Å²) in [5.74, 6) is -3.50. The second-order valence-corrected chi connectivity index (χ2v) is 2.64. The van der Waals surface area contributed by atoms with E-state index in [1.807, 2.05) is 0 Å². The number of benzene rings is 1. The third-order valence-electron chi connectivity index (χ3n) is 1.32. The van der Waals surface area contributed by atoms with Gasteiger partial charge in [0.05, 0.1) is 5.56 Å². The highest BCUT2D eigenvalue weighted by Crippen LogP contribution is 1.96. The number of aliphatic carboxylic acids is 2. The second kappa shape index (κ2) is 6.99. The van der Waals surface area contributed by atoms with Gasteiger partial charge in [0.15, 0.2) is 0 Å². The second-order valence-electron chi connectivity index (χ2n) is 2.64. The molecule has 86 valence electrons. The van der Waals surface area contributed by atoms with Gasteiger partial charge < -0.3 is 15.3 Å². The normalized spacial score (nSPS) is 8.50. The van der Waals surface area contributed by atoms with Gasteiger partial charge in [-0.25, -0.2) is 4.79 Å². The lowest BCUT2D eigenvalue weighted by Gasteiger charge is -1.88. The van der Waals surface area contributed by atoms with E-state index in [0.717, 1.165) is 0 Å². The molecule has 0 fully saturated rings. The van der Waals surface area contributed by atoms with E-state index in [2.05, 4.69) is 0 Å². The molecular weight excluding hydrogens is 216 g/mol. The Kier molecular flexibility index (Phi) is 5.96. The number of carboxylic acid groups (broad SMARTS) is 3. The molecule has 0 aromatic heterocycles. The molecule has 0 aliphatic rings. The van der Waals surface area contributed by atoms with Gasteiger partial charge in [0, 0.05) is 0 Å². The van der Waals surface area contributed by atoms with Gasteiger partial charge >= 0.3 is 17.9 Å². The van der Waals surface area contributed by atoms with Crippen LogP contribution in [-0.4, -0.2) is 33.2 Å². The number of carbonyl (C=O) groups is 3. The monoisotopic (exact) mass is 226 g/mol. The molecule has 16 heavy (non-hydrogen) atoms. The number of hydrogen-bond donors (Lipinski definition) is 3. The van der Waals surface area contributed by atoms with Gasteiger partial charge in [-0.05, 0) is 12.1 Å². The molecule has 0 heterocycles.